The fourth-order valence-corrected chi connectivity index (χ4v) is 5.28. The van der Waals surface area contributed by atoms with E-state index in [0.29, 0.717) is 0 Å². The molecule has 0 amide bonds. The van der Waals surface area contributed by atoms with Crippen molar-refractivity contribution >= 4 is 49.1 Å². The van der Waals surface area contributed by atoms with Crippen LogP contribution < -0.4 is 4.72 Å². The zero-order chi connectivity index (χ0) is 13.1. The van der Waals surface area contributed by atoms with Gasteiger partial charge in [-0.15, -0.1) is 11.3 Å². The molecule has 0 aliphatic carbocycles. The number of rotatable bonds is 6. The van der Waals surface area contributed by atoms with E-state index in [-0.39, 0.29) is 22.1 Å². The van der Waals surface area contributed by atoms with Crippen molar-refractivity contribution in [3.05, 3.63) is 15.9 Å². The number of thiophene rings is 1. The van der Waals surface area contributed by atoms with Crippen LogP contribution in [0.5, 0.6) is 0 Å². The van der Waals surface area contributed by atoms with Crippen LogP contribution in [0.15, 0.2) is 20.1 Å². The Bertz CT molecular complexity index is 456. The first kappa shape index (κ1) is 15.5. The molecule has 17 heavy (non-hydrogen) atoms. The van der Waals surface area contributed by atoms with E-state index in [1.807, 2.05) is 6.26 Å². The van der Waals surface area contributed by atoms with Gasteiger partial charge in [0, 0.05) is 11.3 Å². The van der Waals surface area contributed by atoms with Crippen molar-refractivity contribution < 1.29 is 13.5 Å². The van der Waals surface area contributed by atoms with Crippen LogP contribution in [0.25, 0.3) is 0 Å². The number of aliphatic hydroxyl groups is 1. The molecule has 0 saturated carbocycles. The molecule has 0 aromatic carbocycles. The van der Waals surface area contributed by atoms with Crippen LogP contribution >= 0.6 is 39.0 Å². The molecule has 4 nitrogen and oxygen atoms in total. The summed E-state index contributed by atoms with van der Waals surface area (Å²) in [5, 5.41) is 8.96. The minimum atomic E-state index is -3.49. The van der Waals surface area contributed by atoms with Gasteiger partial charge in [-0.2, -0.15) is 11.8 Å². The summed E-state index contributed by atoms with van der Waals surface area (Å²) < 4.78 is 27.6. The van der Waals surface area contributed by atoms with Crippen molar-refractivity contribution in [3.8, 4) is 0 Å². The molecular formula is C9H14BrNO3S3. The molecule has 0 saturated heterocycles. The Morgan fingerprint density at radius 3 is 2.65 bits per heavy atom. The van der Waals surface area contributed by atoms with Gasteiger partial charge in [-0.05, 0) is 41.2 Å². The van der Waals surface area contributed by atoms with Crippen molar-refractivity contribution in [1.82, 2.24) is 4.72 Å². The predicted octanol–water partition coefficient (Wildman–Crippen LogP) is 1.90. The van der Waals surface area contributed by atoms with Crippen molar-refractivity contribution in [3.63, 3.8) is 0 Å². The van der Waals surface area contributed by atoms with Gasteiger partial charge in [0.05, 0.1) is 10.4 Å². The number of nitrogens with one attached hydrogen (secondary N) is 1. The van der Waals surface area contributed by atoms with E-state index < -0.39 is 10.0 Å². The van der Waals surface area contributed by atoms with Gasteiger partial charge in [-0.3, -0.25) is 0 Å². The third-order valence-corrected chi connectivity index (χ3v) is 7.03. The standard InChI is InChI=1S/C9H14BrNO3S3/c1-6(7(5-12)15-2)11-17(13,14)9-4-3-8(10)16-9/h3-4,6-7,11-12H,5H2,1-2H3. The second kappa shape index (κ2) is 6.53. The second-order valence-corrected chi connectivity index (χ2v) is 8.91. The Balaban J connectivity index is 2.80. The predicted molar refractivity (Wildman–Crippen MR) is 76.2 cm³/mol. The Morgan fingerprint density at radius 2 is 2.24 bits per heavy atom. The summed E-state index contributed by atoms with van der Waals surface area (Å²) in [7, 11) is -3.49. The third kappa shape index (κ3) is 4.22. The third-order valence-electron chi connectivity index (χ3n) is 2.19. The molecule has 8 heteroatoms. The SMILES string of the molecule is CSC(CO)C(C)NS(=O)(=O)c1ccc(Br)s1. The maximum atomic E-state index is 12.0. The Hall–Kier alpha value is 0.400. The van der Waals surface area contributed by atoms with Gasteiger partial charge in [-0.1, -0.05) is 0 Å². The van der Waals surface area contributed by atoms with Crippen molar-refractivity contribution in [2.24, 2.45) is 0 Å². The molecule has 0 aliphatic heterocycles. The fourth-order valence-electron chi connectivity index (χ4n) is 1.26. The van der Waals surface area contributed by atoms with Crippen molar-refractivity contribution in [2.75, 3.05) is 12.9 Å². The lowest BCUT2D eigenvalue weighted by atomic mass is 10.3. The van der Waals surface area contributed by atoms with Gasteiger partial charge in [0.15, 0.2) is 0 Å². The van der Waals surface area contributed by atoms with Gasteiger partial charge >= 0.3 is 0 Å². The first-order chi connectivity index (χ1) is 7.90. The molecule has 2 unspecified atom stereocenters. The Morgan fingerprint density at radius 1 is 1.59 bits per heavy atom. The molecule has 2 N–H and O–H groups in total. The minimum absolute atomic E-state index is 0.0566. The molecule has 1 aromatic rings. The molecule has 0 bridgehead atoms. The van der Waals surface area contributed by atoms with Crippen LogP contribution in [0.4, 0.5) is 0 Å². The average molecular weight is 360 g/mol. The summed E-state index contributed by atoms with van der Waals surface area (Å²) in [6.07, 6.45) is 1.84. The van der Waals surface area contributed by atoms with Crippen LogP contribution in [-0.2, 0) is 10.0 Å². The van der Waals surface area contributed by atoms with E-state index in [9.17, 15) is 8.42 Å². The summed E-state index contributed by atoms with van der Waals surface area (Å²) in [4.78, 5) is 0. The number of sulfonamides is 1. The highest BCUT2D eigenvalue weighted by Gasteiger charge is 2.23. The summed E-state index contributed by atoms with van der Waals surface area (Å²) in [6.45, 7) is 1.69. The Kier molecular flexibility index (Phi) is 5.94. The summed E-state index contributed by atoms with van der Waals surface area (Å²) in [5.41, 5.74) is 0. The molecule has 0 spiro atoms. The lowest BCUT2D eigenvalue weighted by Gasteiger charge is -2.20. The molecule has 0 radical (unpaired) electrons. The van der Waals surface area contributed by atoms with Crippen molar-refractivity contribution in [2.45, 2.75) is 22.4 Å². The topological polar surface area (TPSA) is 66.4 Å². The van der Waals surface area contributed by atoms with E-state index >= 15 is 0 Å². The summed E-state index contributed by atoms with van der Waals surface area (Å²) in [6, 6.07) is 2.93. The van der Waals surface area contributed by atoms with Crippen molar-refractivity contribution in [1.29, 1.82) is 0 Å². The maximum absolute atomic E-state index is 12.0. The van der Waals surface area contributed by atoms with Crippen LogP contribution in [-0.4, -0.2) is 37.7 Å². The average Bonchev–Trinajstić information content (AvgIpc) is 2.66. The molecule has 98 valence electrons. The summed E-state index contributed by atoms with van der Waals surface area (Å²) in [5.74, 6) is 0. The Labute approximate surface area is 118 Å². The van der Waals surface area contributed by atoms with E-state index in [0.717, 1.165) is 15.1 Å². The van der Waals surface area contributed by atoms with Gasteiger partial charge in [-0.25, -0.2) is 13.1 Å². The maximum Gasteiger partial charge on any atom is 0.250 e. The highest BCUT2D eigenvalue weighted by molar-refractivity contribution is 9.11. The first-order valence-corrected chi connectivity index (χ1v) is 9.20. The largest absolute Gasteiger partial charge is 0.395 e. The molecule has 1 rings (SSSR count). The van der Waals surface area contributed by atoms with E-state index in [4.69, 9.17) is 5.11 Å². The quantitative estimate of drug-likeness (QED) is 0.813. The smallest absolute Gasteiger partial charge is 0.250 e. The van der Waals surface area contributed by atoms with Crippen LogP contribution in [0.3, 0.4) is 0 Å². The van der Waals surface area contributed by atoms with Gasteiger partial charge in [0.2, 0.25) is 10.0 Å². The van der Waals surface area contributed by atoms with Gasteiger partial charge < -0.3 is 5.11 Å². The van der Waals surface area contributed by atoms with E-state index in [2.05, 4.69) is 20.7 Å². The normalized spacial score (nSPS) is 15.8. The van der Waals surface area contributed by atoms with E-state index in [1.54, 1.807) is 19.1 Å². The van der Waals surface area contributed by atoms with Crippen LogP contribution in [0.2, 0.25) is 0 Å². The number of thioether (sulfide) groups is 1. The zero-order valence-corrected chi connectivity index (χ0v) is 13.4. The number of hydrogen-bond donors (Lipinski definition) is 2. The monoisotopic (exact) mass is 359 g/mol. The van der Waals surface area contributed by atoms with Crippen LogP contribution in [0.1, 0.15) is 6.92 Å². The minimum Gasteiger partial charge on any atom is -0.395 e. The zero-order valence-electron chi connectivity index (χ0n) is 9.38. The van der Waals surface area contributed by atoms with Crippen LogP contribution in [0, 0.1) is 0 Å². The molecule has 2 atom stereocenters. The lowest BCUT2D eigenvalue weighted by molar-refractivity contribution is 0.282. The van der Waals surface area contributed by atoms with Gasteiger partial charge in [0.25, 0.3) is 0 Å². The summed E-state index contributed by atoms with van der Waals surface area (Å²) >= 11 is 5.83. The highest BCUT2D eigenvalue weighted by Crippen LogP contribution is 2.26. The molecule has 0 aliphatic rings. The number of aliphatic hydroxyl groups excluding tert-OH is 1. The van der Waals surface area contributed by atoms with Gasteiger partial charge in [0.1, 0.15) is 4.21 Å². The molecular weight excluding hydrogens is 346 g/mol. The fraction of sp³-hybridized carbons (Fsp3) is 0.556. The molecule has 1 heterocycles. The number of hydrogen-bond acceptors (Lipinski definition) is 5. The molecule has 0 fully saturated rings. The molecule has 1 aromatic heterocycles. The van der Waals surface area contributed by atoms with E-state index in [1.165, 1.54) is 11.8 Å². The second-order valence-electron chi connectivity index (χ2n) is 3.43. The highest BCUT2D eigenvalue weighted by atomic mass is 79.9. The lowest BCUT2D eigenvalue weighted by Crippen LogP contribution is -2.40. The first-order valence-electron chi connectivity index (χ1n) is 4.82. The number of halogens is 1.